The highest BCUT2D eigenvalue weighted by molar-refractivity contribution is 9.14. The third-order valence-corrected chi connectivity index (χ3v) is 23.4. The smallest absolute Gasteiger partial charge is 0.267 e. The second-order valence-corrected chi connectivity index (χ2v) is 27.2. The SMILES string of the molecule is NC1=N[C@H]2O[C@H]3N=C(N)N[C@@]3(O)[C@@H]3[C@H](CNC(=O)c4cc(Br)c(Br)[nH]4)[C@@H](CNC(=O)c4cc(Br)c(Br)[nH]4)[C@H](O[C@H]4[C@H](CNC(=O)c5cc(Br)c(Br)[nH]5)[C@@H](CNC(=O)c5cc(Br)c(Br)[nH]5)[C@@H]5[C@]6(O)NC(N)=N[C@@H]6OC6N=C(N)N[C@@]654)C32N1. The number of hydrogen-bond acceptors (Lipinski definition) is 21. The average Bonchev–Trinajstić information content (AvgIpc) is 1.85. The highest BCUT2D eigenvalue weighted by Gasteiger charge is 2.81. The van der Waals surface area contributed by atoms with E-state index in [-0.39, 0.29) is 72.8 Å². The van der Waals surface area contributed by atoms with E-state index in [1.807, 2.05) is 0 Å². The first-order chi connectivity index (χ1) is 38.4. The Morgan fingerprint density at radius 2 is 0.741 bits per heavy atom. The molecule has 12 rings (SSSR count). The van der Waals surface area contributed by atoms with Gasteiger partial charge in [0, 0.05) is 49.9 Å². The molecule has 16 atom stereocenters. The van der Waals surface area contributed by atoms with Gasteiger partial charge in [-0.15, -0.1) is 0 Å². The Kier molecular flexibility index (Phi) is 14.6. The van der Waals surface area contributed by atoms with Crippen molar-refractivity contribution in [3.8, 4) is 0 Å². The number of nitrogens with one attached hydrogen (secondary N) is 12. The van der Waals surface area contributed by atoms with Crippen LogP contribution in [0.4, 0.5) is 0 Å². The lowest BCUT2D eigenvalue weighted by atomic mass is 9.70. The number of amides is 4. The summed E-state index contributed by atoms with van der Waals surface area (Å²) in [6.07, 6.45) is -8.21. The number of H-pyrrole nitrogens is 4. The fraction of sp³-hybridized carbons (Fsp3) is 0.455. The Morgan fingerprint density at radius 3 is 1.02 bits per heavy atom. The summed E-state index contributed by atoms with van der Waals surface area (Å²) in [5.41, 5.74) is 18.9. The van der Waals surface area contributed by atoms with E-state index in [2.05, 4.69) is 200 Å². The summed E-state index contributed by atoms with van der Waals surface area (Å²) in [6.45, 7) is -0.919. The van der Waals surface area contributed by atoms with Gasteiger partial charge in [0.2, 0.25) is 12.5 Å². The lowest BCUT2D eigenvalue weighted by Gasteiger charge is -2.54. The van der Waals surface area contributed by atoms with Crippen LogP contribution >= 0.6 is 127 Å². The molecule has 2 spiro atoms. The number of aromatic nitrogens is 4. The number of aliphatic imine (C=N–C) groups is 4. The van der Waals surface area contributed by atoms with Crippen LogP contribution in [0.1, 0.15) is 42.0 Å². The van der Waals surface area contributed by atoms with Gasteiger partial charge in [0.15, 0.2) is 47.7 Å². The average molecular weight is 1640 g/mol. The summed E-state index contributed by atoms with van der Waals surface area (Å²) < 4.78 is 25.4. The Hall–Kier alpha value is -4.28. The molecular formula is C44H46Br8N20O9. The van der Waals surface area contributed by atoms with E-state index in [0.717, 1.165) is 0 Å². The minimum Gasteiger partial charge on any atom is -0.370 e. The molecule has 4 aromatic heterocycles. The van der Waals surface area contributed by atoms with Gasteiger partial charge in [-0.3, -0.25) is 19.2 Å². The van der Waals surface area contributed by atoms with E-state index < -0.39 is 119 Å². The van der Waals surface area contributed by atoms with Gasteiger partial charge in [0.25, 0.3) is 23.6 Å². The summed E-state index contributed by atoms with van der Waals surface area (Å²) in [6, 6.07) is 6.32. The maximum Gasteiger partial charge on any atom is 0.267 e. The van der Waals surface area contributed by atoms with Gasteiger partial charge >= 0.3 is 0 Å². The zero-order valence-corrected chi connectivity index (χ0v) is 53.6. The second kappa shape index (κ2) is 20.8. The van der Waals surface area contributed by atoms with Crippen molar-refractivity contribution in [2.75, 3.05) is 26.2 Å². The summed E-state index contributed by atoms with van der Waals surface area (Å²) in [4.78, 5) is 87.6. The number of carbonyl (C=O) groups excluding carboxylic acids is 4. The molecule has 4 aromatic rings. The second-order valence-electron chi connectivity index (χ2n) is 20.6. The van der Waals surface area contributed by atoms with Crippen LogP contribution in [0, 0.1) is 35.5 Å². The third-order valence-electron chi connectivity index (χ3n) is 16.3. The fourth-order valence-electron chi connectivity index (χ4n) is 13.4. The van der Waals surface area contributed by atoms with Crippen molar-refractivity contribution < 1.29 is 43.6 Å². The molecule has 2 unspecified atom stereocenters. The lowest BCUT2D eigenvalue weighted by Crippen LogP contribution is -2.78. The van der Waals surface area contributed by atoms with Gasteiger partial charge < -0.3 is 110 Å². The molecule has 4 amide bonds. The van der Waals surface area contributed by atoms with Crippen LogP contribution in [0.5, 0.6) is 0 Å². The van der Waals surface area contributed by atoms with Crippen molar-refractivity contribution in [2.24, 2.45) is 78.4 Å². The quantitative estimate of drug-likeness (QED) is 0.0817. The first-order valence-corrected chi connectivity index (χ1v) is 30.9. The zero-order chi connectivity index (χ0) is 57.6. The maximum absolute atomic E-state index is 14.4. The first kappa shape index (κ1) is 57.2. The van der Waals surface area contributed by atoms with Crippen molar-refractivity contribution in [1.82, 2.24) is 62.5 Å². The van der Waals surface area contributed by atoms with Crippen molar-refractivity contribution in [3.05, 3.63) is 83.3 Å². The van der Waals surface area contributed by atoms with E-state index in [1.165, 1.54) is 0 Å². The van der Waals surface area contributed by atoms with Crippen molar-refractivity contribution in [1.29, 1.82) is 0 Å². The summed E-state index contributed by atoms with van der Waals surface area (Å²) in [5, 5.41) is 51.4. The Labute approximate surface area is 523 Å². The lowest BCUT2D eigenvalue weighted by molar-refractivity contribution is -0.265. The summed E-state index contributed by atoms with van der Waals surface area (Å²) >= 11 is 27.4. The van der Waals surface area contributed by atoms with Crippen LogP contribution in [-0.2, 0) is 14.2 Å². The number of aromatic amines is 4. The molecule has 2 saturated carbocycles. The standard InChI is InChI=1S/C44H46Br8N20O9/c45-13-1-17(61-25(13)49)29(73)57-5-9-11(7-59-31(75)19-3-15(47)27(51)63-19)23(41-21(9)43(77)35(67-39(55)71-43)80-33(41)65-37(53)69-41)79-24-12(8-60-32(76)20-4-16(48)28(52)64-20)10(6-58-30(74)18-2-14(46)26(50)62-18)22-42(24)34(66-38(54)70-42)81-36-44(22,78)72-40(56)68-36/h1-4,9-12,21-24,33-36,61-64,77-78H,5-8H2,(H,57,73)(H,58,74)(H,59,75)(H,60,76)(H3,53,65,69)(H3,54,66,70)(H3,55,67,71)(H3,56,68,72)/t9-,10-,11-,12-,21-,22+,23+,24+,33+,34?,35-,36-,41?,42+,43-,44-/m1/s1. The number of nitrogens with zero attached hydrogens (tertiary/aromatic N) is 4. The fourth-order valence-corrected chi connectivity index (χ4v) is 16.0. The normalized spacial score (nSPS) is 35.5. The summed E-state index contributed by atoms with van der Waals surface area (Å²) in [7, 11) is 0. The van der Waals surface area contributed by atoms with Crippen LogP contribution in [-0.4, -0.2) is 163 Å². The van der Waals surface area contributed by atoms with E-state index in [0.29, 0.717) is 36.3 Å². The molecule has 0 bridgehead atoms. The number of fused-ring (bicyclic) bond motifs is 4. The van der Waals surface area contributed by atoms with Gasteiger partial charge in [0.05, 0.1) is 48.5 Å². The number of guanidine groups is 4. The molecule has 0 aromatic carbocycles. The van der Waals surface area contributed by atoms with Gasteiger partial charge in [-0.1, -0.05) is 0 Å². The molecule has 432 valence electrons. The van der Waals surface area contributed by atoms with Gasteiger partial charge in [-0.2, -0.15) is 0 Å². The number of aliphatic hydroxyl groups is 2. The Bertz CT molecular complexity index is 3150. The monoisotopic (exact) mass is 1630 g/mol. The van der Waals surface area contributed by atoms with Crippen molar-refractivity contribution in [3.63, 3.8) is 0 Å². The molecule has 8 aliphatic rings. The largest absolute Gasteiger partial charge is 0.370 e. The van der Waals surface area contributed by atoms with Gasteiger partial charge in [-0.05, 0) is 164 Å². The van der Waals surface area contributed by atoms with E-state index in [1.54, 1.807) is 24.3 Å². The molecule has 22 N–H and O–H groups in total. The third kappa shape index (κ3) is 9.18. The predicted molar refractivity (Wildman–Crippen MR) is 315 cm³/mol. The zero-order valence-electron chi connectivity index (χ0n) is 40.9. The Morgan fingerprint density at radius 1 is 0.469 bits per heavy atom. The number of rotatable bonds is 14. The minimum atomic E-state index is -2.20. The molecule has 2 saturated heterocycles. The van der Waals surface area contributed by atoms with E-state index in [9.17, 15) is 29.4 Å². The molecule has 4 fully saturated rings. The number of hydrogen-bond donors (Lipinski definition) is 18. The molecule has 2 aliphatic carbocycles. The molecule has 37 heteroatoms. The maximum atomic E-state index is 14.4. The van der Waals surface area contributed by atoms with Crippen LogP contribution < -0.4 is 65.5 Å². The number of halogens is 8. The molecule has 6 aliphatic heterocycles. The van der Waals surface area contributed by atoms with Gasteiger partial charge in [-0.25, -0.2) is 20.0 Å². The molecule has 10 heterocycles. The number of nitrogens with two attached hydrogens (primary N) is 4. The van der Waals surface area contributed by atoms with Crippen molar-refractivity contribution in [2.45, 2.75) is 59.6 Å². The minimum absolute atomic E-state index is 0.128. The molecule has 29 nitrogen and oxygen atoms in total. The predicted octanol–water partition coefficient (Wildman–Crippen LogP) is 0.488. The summed E-state index contributed by atoms with van der Waals surface area (Å²) in [5.74, 6) is -9.17. The number of ether oxygens (including phenoxy) is 3. The van der Waals surface area contributed by atoms with Crippen LogP contribution in [0.2, 0.25) is 0 Å². The van der Waals surface area contributed by atoms with Crippen LogP contribution in [0.25, 0.3) is 0 Å². The number of carbonyl (C=O) groups is 4. The van der Waals surface area contributed by atoms with Crippen LogP contribution in [0.3, 0.4) is 0 Å². The Balaban J connectivity index is 1.03. The van der Waals surface area contributed by atoms with Gasteiger partial charge in [0.1, 0.15) is 33.9 Å². The van der Waals surface area contributed by atoms with Crippen molar-refractivity contribution >= 4 is 175 Å². The molecule has 81 heavy (non-hydrogen) atoms. The van der Waals surface area contributed by atoms with Crippen LogP contribution in [0.15, 0.2) is 80.5 Å². The highest BCUT2D eigenvalue weighted by atomic mass is 79.9. The molecular weight excluding hydrogens is 1590 g/mol. The van der Waals surface area contributed by atoms with E-state index in [4.69, 9.17) is 47.1 Å². The highest BCUT2D eigenvalue weighted by Crippen LogP contribution is 2.63. The first-order valence-electron chi connectivity index (χ1n) is 24.5. The van der Waals surface area contributed by atoms with E-state index >= 15 is 0 Å². The molecule has 0 radical (unpaired) electrons. The topological polar surface area (TPSA) is 449 Å².